The first-order valence-corrected chi connectivity index (χ1v) is 9.63. The number of rotatable bonds is 3. The van der Waals surface area contributed by atoms with E-state index in [1.54, 1.807) is 0 Å². The van der Waals surface area contributed by atoms with E-state index in [9.17, 15) is 4.79 Å². The van der Waals surface area contributed by atoms with Crippen LogP contribution < -0.4 is 5.32 Å². The minimum atomic E-state index is 0.151. The van der Waals surface area contributed by atoms with Crippen LogP contribution in [0.15, 0.2) is 24.4 Å². The first-order chi connectivity index (χ1) is 11.9. The third kappa shape index (κ3) is 3.26. The standard InChI is InChI=1S/C20H30N4O/c1-14-10-23(11-15-6-4-5-8-21-15)9-7-18(14)22-19(25)24-12-16-17(13-24)20(16,2)3/h4-6,8,14,16-18H,7,9-13H2,1-3H3,(H,22,25)/t14-,16+,17+,18+/m1/s1. The van der Waals surface area contributed by atoms with Crippen LogP contribution in [-0.2, 0) is 6.54 Å². The summed E-state index contributed by atoms with van der Waals surface area (Å²) in [5, 5.41) is 3.31. The van der Waals surface area contributed by atoms with E-state index in [-0.39, 0.29) is 12.1 Å². The number of urea groups is 1. The second-order valence-corrected chi connectivity index (χ2v) is 8.82. The van der Waals surface area contributed by atoms with Gasteiger partial charge in [0.15, 0.2) is 0 Å². The Hall–Kier alpha value is -1.62. The summed E-state index contributed by atoms with van der Waals surface area (Å²) in [6, 6.07) is 6.52. The third-order valence-electron chi connectivity index (χ3n) is 6.82. The molecule has 1 aromatic heterocycles. The van der Waals surface area contributed by atoms with Crippen LogP contribution >= 0.6 is 0 Å². The number of aromatic nitrogens is 1. The molecule has 5 heteroatoms. The average molecular weight is 342 g/mol. The van der Waals surface area contributed by atoms with Gasteiger partial charge in [-0.25, -0.2) is 4.79 Å². The fraction of sp³-hybridized carbons (Fsp3) is 0.700. The summed E-state index contributed by atoms with van der Waals surface area (Å²) in [5.41, 5.74) is 1.58. The van der Waals surface area contributed by atoms with Gasteiger partial charge in [-0.1, -0.05) is 26.8 Å². The highest BCUT2D eigenvalue weighted by Gasteiger charge is 2.62. The van der Waals surface area contributed by atoms with Crippen molar-refractivity contribution in [2.24, 2.45) is 23.2 Å². The van der Waals surface area contributed by atoms with Gasteiger partial charge in [-0.3, -0.25) is 9.88 Å². The Morgan fingerprint density at radius 3 is 2.68 bits per heavy atom. The predicted octanol–water partition coefficient (Wildman–Crippen LogP) is 2.59. The SMILES string of the molecule is C[C@@H]1CN(Cc2ccccn2)CC[C@@H]1NC(=O)N1C[C@H]2[C@H](C1)C2(C)C. The highest BCUT2D eigenvalue weighted by molar-refractivity contribution is 5.75. The Kier molecular flexibility index (Phi) is 4.22. The van der Waals surface area contributed by atoms with E-state index in [0.717, 1.165) is 56.7 Å². The van der Waals surface area contributed by atoms with Gasteiger partial charge in [0.05, 0.1) is 5.69 Å². The lowest BCUT2D eigenvalue weighted by Crippen LogP contribution is -2.53. The highest BCUT2D eigenvalue weighted by atomic mass is 16.2. The monoisotopic (exact) mass is 342 g/mol. The highest BCUT2D eigenvalue weighted by Crippen LogP contribution is 2.61. The second-order valence-electron chi connectivity index (χ2n) is 8.82. The fourth-order valence-electron chi connectivity index (χ4n) is 4.86. The van der Waals surface area contributed by atoms with E-state index in [0.29, 0.717) is 11.3 Å². The van der Waals surface area contributed by atoms with Crippen molar-refractivity contribution in [1.82, 2.24) is 20.1 Å². The lowest BCUT2D eigenvalue weighted by molar-refractivity contribution is 0.133. The summed E-state index contributed by atoms with van der Waals surface area (Å²) in [5.74, 6) is 1.90. The molecule has 2 saturated heterocycles. The van der Waals surface area contributed by atoms with Crippen LogP contribution in [0.1, 0.15) is 32.9 Å². The van der Waals surface area contributed by atoms with E-state index in [2.05, 4.69) is 42.0 Å². The van der Waals surface area contributed by atoms with Gasteiger partial charge >= 0.3 is 6.03 Å². The largest absolute Gasteiger partial charge is 0.335 e. The Balaban J connectivity index is 1.25. The zero-order valence-corrected chi connectivity index (χ0v) is 15.6. The van der Waals surface area contributed by atoms with Gasteiger partial charge in [-0.05, 0) is 41.7 Å². The molecule has 3 heterocycles. The molecule has 2 aliphatic heterocycles. The van der Waals surface area contributed by atoms with Crippen LogP contribution in [-0.4, -0.2) is 53.0 Å². The van der Waals surface area contributed by atoms with Gasteiger partial charge in [0.1, 0.15) is 0 Å². The topological polar surface area (TPSA) is 48.5 Å². The molecule has 5 nitrogen and oxygen atoms in total. The summed E-state index contributed by atoms with van der Waals surface area (Å²) >= 11 is 0. The maximum absolute atomic E-state index is 12.6. The molecule has 3 fully saturated rings. The maximum atomic E-state index is 12.6. The molecule has 4 atom stereocenters. The van der Waals surface area contributed by atoms with Gasteiger partial charge in [-0.2, -0.15) is 0 Å². The van der Waals surface area contributed by atoms with Crippen LogP contribution in [0.5, 0.6) is 0 Å². The Morgan fingerprint density at radius 2 is 2.04 bits per heavy atom. The number of hydrogen-bond acceptors (Lipinski definition) is 3. The van der Waals surface area contributed by atoms with Crippen molar-refractivity contribution in [3.8, 4) is 0 Å². The molecule has 1 saturated carbocycles. The van der Waals surface area contributed by atoms with Crippen LogP contribution in [0.2, 0.25) is 0 Å². The number of hydrogen-bond donors (Lipinski definition) is 1. The lowest BCUT2D eigenvalue weighted by Gasteiger charge is -2.38. The molecule has 0 aromatic carbocycles. The number of likely N-dealkylation sites (tertiary alicyclic amines) is 2. The molecule has 0 spiro atoms. The molecule has 0 bridgehead atoms. The van der Waals surface area contributed by atoms with Crippen LogP contribution in [0.3, 0.4) is 0 Å². The van der Waals surface area contributed by atoms with Gasteiger partial charge in [0, 0.05) is 45.0 Å². The van der Waals surface area contributed by atoms with Crippen molar-refractivity contribution in [1.29, 1.82) is 0 Å². The molecule has 1 N–H and O–H groups in total. The number of fused-ring (bicyclic) bond motifs is 1. The molecule has 1 aliphatic carbocycles. The van der Waals surface area contributed by atoms with Crippen molar-refractivity contribution in [2.45, 2.75) is 39.8 Å². The van der Waals surface area contributed by atoms with Gasteiger partial charge in [0.2, 0.25) is 0 Å². The number of carbonyl (C=O) groups excluding carboxylic acids is 1. The van der Waals surface area contributed by atoms with Gasteiger partial charge < -0.3 is 10.2 Å². The van der Waals surface area contributed by atoms with E-state index in [4.69, 9.17) is 0 Å². The van der Waals surface area contributed by atoms with E-state index in [1.807, 2.05) is 23.2 Å². The number of amides is 2. The number of nitrogens with zero attached hydrogens (tertiary/aromatic N) is 3. The van der Waals surface area contributed by atoms with Crippen molar-refractivity contribution >= 4 is 6.03 Å². The minimum absolute atomic E-state index is 0.151. The molecular formula is C20H30N4O. The fourth-order valence-corrected chi connectivity index (χ4v) is 4.86. The molecule has 25 heavy (non-hydrogen) atoms. The first kappa shape index (κ1) is 16.8. The Morgan fingerprint density at radius 1 is 1.28 bits per heavy atom. The molecule has 1 aromatic rings. The van der Waals surface area contributed by atoms with Gasteiger partial charge in [-0.15, -0.1) is 0 Å². The average Bonchev–Trinajstić information content (AvgIpc) is 2.95. The second kappa shape index (κ2) is 6.27. The zero-order chi connectivity index (χ0) is 17.6. The quantitative estimate of drug-likeness (QED) is 0.918. The number of piperidine rings is 2. The molecular weight excluding hydrogens is 312 g/mol. The number of nitrogens with one attached hydrogen (secondary N) is 1. The molecule has 2 amide bonds. The smallest absolute Gasteiger partial charge is 0.317 e. The van der Waals surface area contributed by atoms with Crippen molar-refractivity contribution < 1.29 is 4.79 Å². The third-order valence-corrected chi connectivity index (χ3v) is 6.82. The number of pyridine rings is 1. The van der Waals surface area contributed by atoms with E-state index < -0.39 is 0 Å². The summed E-state index contributed by atoms with van der Waals surface area (Å²) in [6.07, 6.45) is 2.87. The molecule has 4 rings (SSSR count). The molecule has 136 valence electrons. The Labute approximate surface area is 150 Å². The van der Waals surface area contributed by atoms with Crippen LogP contribution in [0.4, 0.5) is 4.79 Å². The maximum Gasteiger partial charge on any atom is 0.317 e. The number of carbonyl (C=O) groups is 1. The Bertz CT molecular complexity index is 618. The summed E-state index contributed by atoms with van der Waals surface area (Å²) in [7, 11) is 0. The molecule has 0 unspecified atom stereocenters. The summed E-state index contributed by atoms with van der Waals surface area (Å²) in [4.78, 5) is 21.5. The summed E-state index contributed by atoms with van der Waals surface area (Å²) < 4.78 is 0. The minimum Gasteiger partial charge on any atom is -0.335 e. The zero-order valence-electron chi connectivity index (χ0n) is 15.6. The molecule has 3 aliphatic rings. The lowest BCUT2D eigenvalue weighted by atomic mass is 9.94. The predicted molar refractivity (Wildman–Crippen MR) is 97.9 cm³/mol. The summed E-state index contributed by atoms with van der Waals surface area (Å²) in [6.45, 7) is 11.7. The van der Waals surface area contributed by atoms with Crippen molar-refractivity contribution in [3.05, 3.63) is 30.1 Å². The van der Waals surface area contributed by atoms with E-state index in [1.165, 1.54) is 0 Å². The van der Waals surface area contributed by atoms with Crippen molar-refractivity contribution in [2.75, 3.05) is 26.2 Å². The van der Waals surface area contributed by atoms with Gasteiger partial charge in [0.25, 0.3) is 0 Å². The normalized spacial score (nSPS) is 33.8. The molecule has 0 radical (unpaired) electrons. The first-order valence-electron chi connectivity index (χ1n) is 9.63. The van der Waals surface area contributed by atoms with Crippen LogP contribution in [0, 0.1) is 23.2 Å². The van der Waals surface area contributed by atoms with E-state index >= 15 is 0 Å². The van der Waals surface area contributed by atoms with Crippen LogP contribution in [0.25, 0.3) is 0 Å². The van der Waals surface area contributed by atoms with Crippen molar-refractivity contribution in [3.63, 3.8) is 0 Å².